The molecule has 2 aromatic rings. The van der Waals surface area contributed by atoms with E-state index in [9.17, 15) is 8.42 Å². The molecular formula is C20H29IN4O3S2. The minimum atomic E-state index is -3.44. The molecule has 1 aromatic carbocycles. The Balaban J connectivity index is 0.00000320. The smallest absolute Gasteiger partial charge is 0.252 e. The number of hydrogen-bond donors (Lipinski definition) is 1. The van der Waals surface area contributed by atoms with Gasteiger partial charge in [0.2, 0.25) is 0 Å². The van der Waals surface area contributed by atoms with E-state index in [1.165, 1.54) is 26.8 Å². The van der Waals surface area contributed by atoms with Crippen molar-refractivity contribution in [2.45, 2.75) is 24.2 Å². The maximum atomic E-state index is 12.8. The number of aliphatic imine (C=N–C) groups is 1. The highest BCUT2D eigenvalue weighted by atomic mass is 127. The van der Waals surface area contributed by atoms with Gasteiger partial charge in [0.05, 0.1) is 19.8 Å². The van der Waals surface area contributed by atoms with Crippen molar-refractivity contribution in [3.63, 3.8) is 0 Å². The third-order valence-electron chi connectivity index (χ3n) is 4.74. The standard InChI is InChI=1S/C20H28N4O3S2.HI/c1-16-4-6-17(7-5-16)15-23(3)20(21-2)22-14-18-8-9-19(28-18)29(25,26)24-10-12-27-13-11-24;/h4-9H,10-15H2,1-3H3,(H,21,22);1H. The highest BCUT2D eigenvalue weighted by molar-refractivity contribution is 14.0. The van der Waals surface area contributed by atoms with E-state index in [2.05, 4.69) is 41.5 Å². The molecular weight excluding hydrogens is 535 g/mol. The van der Waals surface area contributed by atoms with Gasteiger partial charge < -0.3 is 15.0 Å². The summed E-state index contributed by atoms with van der Waals surface area (Å²) < 4.78 is 32.6. The number of sulfonamides is 1. The van der Waals surface area contributed by atoms with E-state index in [0.29, 0.717) is 37.1 Å². The maximum Gasteiger partial charge on any atom is 0.252 e. The Morgan fingerprint density at radius 2 is 1.87 bits per heavy atom. The van der Waals surface area contributed by atoms with Gasteiger partial charge in [-0.15, -0.1) is 35.3 Å². The number of guanidine groups is 1. The SMILES string of the molecule is CN=C(NCc1ccc(S(=O)(=O)N2CCOCC2)s1)N(C)Cc1ccc(C)cc1.I. The van der Waals surface area contributed by atoms with Gasteiger partial charge in [-0.25, -0.2) is 8.42 Å². The van der Waals surface area contributed by atoms with E-state index in [-0.39, 0.29) is 24.0 Å². The van der Waals surface area contributed by atoms with Crippen LogP contribution in [0.1, 0.15) is 16.0 Å². The van der Waals surface area contributed by atoms with E-state index < -0.39 is 10.0 Å². The quantitative estimate of drug-likeness (QED) is 0.332. The fourth-order valence-electron chi connectivity index (χ4n) is 3.10. The highest BCUT2D eigenvalue weighted by Gasteiger charge is 2.27. The van der Waals surface area contributed by atoms with E-state index in [1.807, 2.05) is 18.0 Å². The van der Waals surface area contributed by atoms with Crippen molar-refractivity contribution in [3.8, 4) is 0 Å². The molecule has 1 aliphatic heterocycles. The molecule has 1 aromatic heterocycles. The lowest BCUT2D eigenvalue weighted by Gasteiger charge is -2.25. The number of hydrogen-bond acceptors (Lipinski definition) is 5. The number of nitrogens with zero attached hydrogens (tertiary/aromatic N) is 3. The van der Waals surface area contributed by atoms with Gasteiger partial charge in [-0.1, -0.05) is 29.8 Å². The third kappa shape index (κ3) is 6.39. The van der Waals surface area contributed by atoms with Crippen LogP contribution in [0.25, 0.3) is 0 Å². The number of rotatable bonds is 6. The van der Waals surface area contributed by atoms with Crippen molar-refractivity contribution < 1.29 is 13.2 Å². The molecule has 0 unspecified atom stereocenters. The molecule has 1 saturated heterocycles. The van der Waals surface area contributed by atoms with Gasteiger partial charge in [-0.3, -0.25) is 4.99 Å². The Morgan fingerprint density at radius 3 is 2.50 bits per heavy atom. The topological polar surface area (TPSA) is 74.2 Å². The summed E-state index contributed by atoms with van der Waals surface area (Å²) in [5, 5.41) is 3.32. The molecule has 30 heavy (non-hydrogen) atoms. The molecule has 0 spiro atoms. The Labute approximate surface area is 200 Å². The first-order valence-corrected chi connectivity index (χ1v) is 11.8. The first-order valence-electron chi connectivity index (χ1n) is 9.54. The molecule has 0 atom stereocenters. The molecule has 1 fully saturated rings. The molecule has 2 heterocycles. The van der Waals surface area contributed by atoms with E-state index in [4.69, 9.17) is 4.74 Å². The number of thiophene rings is 1. The lowest BCUT2D eigenvalue weighted by molar-refractivity contribution is 0.0731. The second kappa shape index (κ2) is 11.4. The zero-order valence-electron chi connectivity index (χ0n) is 17.5. The van der Waals surface area contributed by atoms with E-state index in [0.717, 1.165) is 17.4 Å². The number of benzene rings is 1. The van der Waals surface area contributed by atoms with Gasteiger partial charge in [-0.2, -0.15) is 4.31 Å². The normalized spacial score (nSPS) is 15.5. The predicted molar refractivity (Wildman–Crippen MR) is 132 cm³/mol. The molecule has 0 aliphatic carbocycles. The first-order chi connectivity index (χ1) is 13.9. The summed E-state index contributed by atoms with van der Waals surface area (Å²) in [6.45, 7) is 5.04. The second-order valence-electron chi connectivity index (χ2n) is 6.98. The summed E-state index contributed by atoms with van der Waals surface area (Å²) in [6.07, 6.45) is 0. The number of aryl methyl sites for hydroxylation is 1. The summed E-state index contributed by atoms with van der Waals surface area (Å²) in [6, 6.07) is 12.0. The van der Waals surface area contributed by atoms with Crippen molar-refractivity contribution in [2.24, 2.45) is 4.99 Å². The lowest BCUT2D eigenvalue weighted by Crippen LogP contribution is -2.40. The number of nitrogens with one attached hydrogen (secondary N) is 1. The number of morpholine rings is 1. The van der Waals surface area contributed by atoms with Crippen LogP contribution in [0.5, 0.6) is 0 Å². The molecule has 3 rings (SSSR count). The van der Waals surface area contributed by atoms with Gasteiger partial charge in [0.1, 0.15) is 4.21 Å². The fraction of sp³-hybridized carbons (Fsp3) is 0.450. The largest absolute Gasteiger partial charge is 0.379 e. The van der Waals surface area contributed by atoms with Crippen LogP contribution >= 0.6 is 35.3 Å². The average Bonchev–Trinajstić information content (AvgIpc) is 3.21. The van der Waals surface area contributed by atoms with Gasteiger partial charge >= 0.3 is 0 Å². The average molecular weight is 565 g/mol. The molecule has 0 saturated carbocycles. The first kappa shape index (κ1) is 25.1. The molecule has 10 heteroatoms. The van der Waals surface area contributed by atoms with Crippen molar-refractivity contribution in [2.75, 3.05) is 40.4 Å². The van der Waals surface area contributed by atoms with Gasteiger partial charge in [-0.05, 0) is 24.6 Å². The summed E-state index contributed by atoms with van der Waals surface area (Å²) in [7, 11) is 0.288. The third-order valence-corrected chi connectivity index (χ3v) is 8.19. The van der Waals surface area contributed by atoms with Crippen molar-refractivity contribution in [1.82, 2.24) is 14.5 Å². The maximum absolute atomic E-state index is 12.8. The van der Waals surface area contributed by atoms with E-state index in [1.54, 1.807) is 13.1 Å². The van der Waals surface area contributed by atoms with Crippen LogP contribution < -0.4 is 5.32 Å². The zero-order chi connectivity index (χ0) is 20.9. The molecule has 0 radical (unpaired) electrons. The van der Waals surface area contributed by atoms with Crippen molar-refractivity contribution in [3.05, 3.63) is 52.4 Å². The Bertz CT molecular complexity index is 939. The van der Waals surface area contributed by atoms with Gasteiger partial charge in [0.25, 0.3) is 10.0 Å². The van der Waals surface area contributed by atoms with Crippen LogP contribution in [-0.2, 0) is 27.8 Å². The monoisotopic (exact) mass is 564 g/mol. The second-order valence-corrected chi connectivity index (χ2v) is 10.3. The molecule has 0 bridgehead atoms. The fourth-order valence-corrected chi connectivity index (χ4v) is 5.96. The highest BCUT2D eigenvalue weighted by Crippen LogP contribution is 2.25. The Kier molecular flexibility index (Phi) is 9.54. The van der Waals surface area contributed by atoms with Crippen LogP contribution in [0.15, 0.2) is 45.6 Å². The van der Waals surface area contributed by atoms with Gasteiger partial charge in [0, 0.05) is 38.6 Å². The number of ether oxygens (including phenoxy) is 1. The summed E-state index contributed by atoms with van der Waals surface area (Å²) in [5.74, 6) is 0.761. The Morgan fingerprint density at radius 1 is 1.20 bits per heavy atom. The molecule has 1 N–H and O–H groups in total. The summed E-state index contributed by atoms with van der Waals surface area (Å²) in [4.78, 5) is 7.33. The van der Waals surface area contributed by atoms with Crippen LogP contribution in [0.3, 0.4) is 0 Å². The van der Waals surface area contributed by atoms with Crippen LogP contribution in [0.2, 0.25) is 0 Å². The van der Waals surface area contributed by atoms with Crippen LogP contribution in [0.4, 0.5) is 0 Å². The molecule has 166 valence electrons. The zero-order valence-corrected chi connectivity index (χ0v) is 21.5. The van der Waals surface area contributed by atoms with Crippen LogP contribution in [-0.4, -0.2) is 64.0 Å². The lowest BCUT2D eigenvalue weighted by atomic mass is 10.1. The predicted octanol–water partition coefficient (Wildman–Crippen LogP) is 2.90. The van der Waals surface area contributed by atoms with Gasteiger partial charge in [0.15, 0.2) is 5.96 Å². The molecule has 7 nitrogen and oxygen atoms in total. The summed E-state index contributed by atoms with van der Waals surface area (Å²) in [5.41, 5.74) is 2.44. The molecule has 0 amide bonds. The summed E-state index contributed by atoms with van der Waals surface area (Å²) >= 11 is 1.30. The minimum Gasteiger partial charge on any atom is -0.379 e. The minimum absolute atomic E-state index is 0. The number of halogens is 1. The van der Waals surface area contributed by atoms with Crippen molar-refractivity contribution >= 4 is 51.3 Å². The van der Waals surface area contributed by atoms with Crippen LogP contribution in [0, 0.1) is 6.92 Å². The van der Waals surface area contributed by atoms with E-state index >= 15 is 0 Å². The Hall–Kier alpha value is -1.21. The van der Waals surface area contributed by atoms with Crippen molar-refractivity contribution in [1.29, 1.82) is 0 Å². The molecule has 1 aliphatic rings.